The van der Waals surface area contributed by atoms with Crippen molar-refractivity contribution in [3.05, 3.63) is 54.6 Å². The van der Waals surface area contributed by atoms with Crippen LogP contribution in [0, 0.1) is 0 Å². The minimum atomic E-state index is -0.522. The molecule has 0 bridgehead atoms. The molecule has 0 radical (unpaired) electrons. The number of esters is 1. The number of hydrogen-bond acceptors (Lipinski definition) is 6. The summed E-state index contributed by atoms with van der Waals surface area (Å²) >= 11 is 0. The van der Waals surface area contributed by atoms with Crippen molar-refractivity contribution in [1.29, 1.82) is 0 Å². The van der Waals surface area contributed by atoms with E-state index >= 15 is 0 Å². The van der Waals surface area contributed by atoms with Gasteiger partial charge in [0.2, 0.25) is 0 Å². The molecule has 0 aliphatic heterocycles. The summed E-state index contributed by atoms with van der Waals surface area (Å²) in [5.41, 5.74) is 1.87. The average molecular weight is 280 g/mol. The van der Waals surface area contributed by atoms with Crippen LogP contribution in [-0.4, -0.2) is 28.0 Å². The fraction of sp³-hybridized carbons (Fsp3) is 0.0667. The molecule has 2 heterocycles. The molecule has 21 heavy (non-hydrogen) atoms. The predicted molar refractivity (Wildman–Crippen MR) is 78.4 cm³/mol. The van der Waals surface area contributed by atoms with E-state index in [0.29, 0.717) is 5.82 Å². The third kappa shape index (κ3) is 2.64. The molecule has 0 unspecified atom stereocenters. The van der Waals surface area contributed by atoms with E-state index in [1.54, 1.807) is 12.4 Å². The van der Waals surface area contributed by atoms with Crippen LogP contribution in [0.4, 0.5) is 11.5 Å². The average Bonchev–Trinajstić information content (AvgIpc) is 2.55. The summed E-state index contributed by atoms with van der Waals surface area (Å²) < 4.78 is 4.63. The van der Waals surface area contributed by atoms with Gasteiger partial charge in [-0.25, -0.2) is 9.78 Å². The fourth-order valence-corrected chi connectivity index (χ4v) is 1.98. The molecule has 0 saturated carbocycles. The molecule has 0 fully saturated rings. The Morgan fingerprint density at radius 2 is 2.10 bits per heavy atom. The van der Waals surface area contributed by atoms with Gasteiger partial charge in [0, 0.05) is 17.3 Å². The highest BCUT2D eigenvalue weighted by atomic mass is 16.5. The van der Waals surface area contributed by atoms with Gasteiger partial charge >= 0.3 is 5.97 Å². The van der Waals surface area contributed by atoms with Crippen molar-refractivity contribution in [2.45, 2.75) is 0 Å². The number of aromatic nitrogens is 3. The minimum Gasteiger partial charge on any atom is -0.464 e. The molecule has 3 rings (SSSR count). The van der Waals surface area contributed by atoms with Crippen molar-refractivity contribution in [3.8, 4) is 0 Å². The van der Waals surface area contributed by atoms with Gasteiger partial charge in [-0.15, -0.1) is 0 Å². The van der Waals surface area contributed by atoms with Gasteiger partial charge in [-0.05, 0) is 24.3 Å². The zero-order valence-corrected chi connectivity index (χ0v) is 11.3. The van der Waals surface area contributed by atoms with Gasteiger partial charge in [0.15, 0.2) is 5.69 Å². The van der Waals surface area contributed by atoms with Crippen LogP contribution in [0.5, 0.6) is 0 Å². The van der Waals surface area contributed by atoms with Gasteiger partial charge in [-0.3, -0.25) is 9.97 Å². The number of fused-ring (bicyclic) bond motifs is 1. The summed E-state index contributed by atoms with van der Waals surface area (Å²) in [5, 5.41) is 4.11. The highest BCUT2D eigenvalue weighted by molar-refractivity contribution is 5.93. The van der Waals surface area contributed by atoms with Crippen LogP contribution in [0.25, 0.3) is 10.9 Å². The van der Waals surface area contributed by atoms with Crippen molar-refractivity contribution in [2.24, 2.45) is 0 Å². The Hall–Kier alpha value is -3.02. The fourth-order valence-electron chi connectivity index (χ4n) is 1.98. The third-order valence-electron chi connectivity index (χ3n) is 2.94. The lowest BCUT2D eigenvalue weighted by atomic mass is 10.2. The summed E-state index contributed by atoms with van der Waals surface area (Å²) in [6, 6.07) is 9.56. The molecule has 0 spiro atoms. The van der Waals surface area contributed by atoms with Crippen molar-refractivity contribution < 1.29 is 9.53 Å². The molecule has 3 aromatic rings. The molecule has 104 valence electrons. The first-order valence-electron chi connectivity index (χ1n) is 6.29. The number of ether oxygens (including phenoxy) is 1. The largest absolute Gasteiger partial charge is 0.464 e. The van der Waals surface area contributed by atoms with Crippen LogP contribution >= 0.6 is 0 Å². The number of nitrogens with zero attached hydrogens (tertiary/aromatic N) is 3. The number of benzene rings is 1. The van der Waals surface area contributed by atoms with Crippen molar-refractivity contribution in [1.82, 2.24) is 15.0 Å². The van der Waals surface area contributed by atoms with Gasteiger partial charge in [-0.2, -0.15) is 0 Å². The summed E-state index contributed by atoms with van der Waals surface area (Å²) in [4.78, 5) is 23.9. The maximum atomic E-state index is 11.5. The summed E-state index contributed by atoms with van der Waals surface area (Å²) in [7, 11) is 1.31. The van der Waals surface area contributed by atoms with Gasteiger partial charge in [0.05, 0.1) is 25.0 Å². The molecule has 1 N–H and O–H groups in total. The lowest BCUT2D eigenvalue weighted by Gasteiger charge is -2.09. The Bertz CT molecular complexity index is 799. The molecule has 0 aliphatic carbocycles. The van der Waals surface area contributed by atoms with E-state index in [2.05, 4.69) is 25.0 Å². The number of carbonyl (C=O) groups is 1. The maximum absolute atomic E-state index is 11.5. The number of rotatable bonds is 3. The van der Waals surface area contributed by atoms with Crippen LogP contribution in [-0.2, 0) is 4.74 Å². The second-order valence-electron chi connectivity index (χ2n) is 4.28. The van der Waals surface area contributed by atoms with Gasteiger partial charge in [-0.1, -0.05) is 6.07 Å². The number of hydrogen-bond donors (Lipinski definition) is 1. The van der Waals surface area contributed by atoms with E-state index in [1.165, 1.54) is 13.3 Å². The van der Waals surface area contributed by atoms with E-state index in [9.17, 15) is 4.79 Å². The maximum Gasteiger partial charge on any atom is 0.358 e. The molecule has 0 atom stereocenters. The van der Waals surface area contributed by atoms with Crippen molar-refractivity contribution in [3.63, 3.8) is 0 Å². The minimum absolute atomic E-state index is 0.154. The first-order chi connectivity index (χ1) is 10.3. The zero-order chi connectivity index (χ0) is 14.7. The Morgan fingerprint density at radius 3 is 2.95 bits per heavy atom. The molecule has 6 heteroatoms. The quantitative estimate of drug-likeness (QED) is 0.743. The summed E-state index contributed by atoms with van der Waals surface area (Å²) in [6.07, 6.45) is 4.65. The Balaban J connectivity index is 1.97. The highest BCUT2D eigenvalue weighted by Crippen LogP contribution is 2.24. The van der Waals surface area contributed by atoms with Gasteiger partial charge in [0.1, 0.15) is 5.82 Å². The lowest BCUT2D eigenvalue weighted by molar-refractivity contribution is 0.0593. The SMILES string of the molecule is COC(=O)c1cncc(Nc2cccc3ncccc23)n1. The first-order valence-corrected chi connectivity index (χ1v) is 6.29. The number of carbonyl (C=O) groups excluding carboxylic acids is 1. The predicted octanol–water partition coefficient (Wildman–Crippen LogP) is 2.56. The standard InChI is InChI=1S/C15H12N4O2/c1-21-15(20)13-8-16-9-14(19-13)18-12-6-2-5-11-10(12)4-3-7-17-11/h2-9H,1H3,(H,18,19). The van der Waals surface area contributed by atoms with Crippen LogP contribution < -0.4 is 5.32 Å². The Kier molecular flexibility index (Phi) is 3.42. The summed E-state index contributed by atoms with van der Waals surface area (Å²) in [5.74, 6) is -0.0556. The van der Waals surface area contributed by atoms with Crippen LogP contribution in [0.3, 0.4) is 0 Å². The molecule has 0 aliphatic rings. The molecule has 1 aromatic carbocycles. The lowest BCUT2D eigenvalue weighted by Crippen LogP contribution is -2.06. The zero-order valence-electron chi connectivity index (χ0n) is 11.3. The van der Waals surface area contributed by atoms with Gasteiger partial charge < -0.3 is 10.1 Å². The van der Waals surface area contributed by atoms with E-state index in [4.69, 9.17) is 0 Å². The first kappa shape index (κ1) is 13.0. The van der Waals surface area contributed by atoms with E-state index in [1.807, 2.05) is 30.3 Å². The smallest absolute Gasteiger partial charge is 0.358 e. The number of nitrogens with one attached hydrogen (secondary N) is 1. The monoisotopic (exact) mass is 280 g/mol. The topological polar surface area (TPSA) is 77.0 Å². The van der Waals surface area contributed by atoms with Gasteiger partial charge in [0.25, 0.3) is 0 Å². The van der Waals surface area contributed by atoms with Crippen LogP contribution in [0.2, 0.25) is 0 Å². The molecular formula is C15H12N4O2. The highest BCUT2D eigenvalue weighted by Gasteiger charge is 2.09. The van der Waals surface area contributed by atoms with Crippen molar-refractivity contribution in [2.75, 3.05) is 12.4 Å². The van der Waals surface area contributed by atoms with Crippen LogP contribution in [0.1, 0.15) is 10.5 Å². The second-order valence-corrected chi connectivity index (χ2v) is 4.28. The molecule has 0 amide bonds. The van der Waals surface area contributed by atoms with E-state index < -0.39 is 5.97 Å². The molecule has 0 saturated heterocycles. The van der Waals surface area contributed by atoms with Crippen molar-refractivity contribution >= 4 is 28.4 Å². The molecular weight excluding hydrogens is 268 g/mol. The van der Waals surface area contributed by atoms with E-state index in [-0.39, 0.29) is 5.69 Å². The number of methoxy groups -OCH3 is 1. The number of pyridine rings is 1. The molecule has 2 aromatic heterocycles. The molecule has 6 nitrogen and oxygen atoms in total. The normalized spacial score (nSPS) is 10.3. The Morgan fingerprint density at radius 1 is 1.19 bits per heavy atom. The van der Waals surface area contributed by atoms with Crippen LogP contribution in [0.15, 0.2) is 48.9 Å². The number of anilines is 2. The third-order valence-corrected chi connectivity index (χ3v) is 2.94. The Labute approximate surface area is 120 Å². The second kappa shape index (κ2) is 5.54. The summed E-state index contributed by atoms with van der Waals surface area (Å²) in [6.45, 7) is 0. The van der Waals surface area contributed by atoms with E-state index in [0.717, 1.165) is 16.6 Å².